The Morgan fingerprint density at radius 3 is 2.75 bits per heavy atom. The molecule has 0 aliphatic rings. The lowest BCUT2D eigenvalue weighted by Crippen LogP contribution is -2.33. The lowest BCUT2D eigenvalue weighted by molar-refractivity contribution is -0.137. The summed E-state index contributed by atoms with van der Waals surface area (Å²) >= 11 is 1.32. The molecule has 8 heteroatoms. The first-order valence-electron chi connectivity index (χ1n) is 4.74. The van der Waals surface area contributed by atoms with Crippen LogP contribution in [0.1, 0.15) is 0 Å². The number of hydrogen-bond acceptors (Lipinski definition) is 6. The molecule has 0 fully saturated rings. The number of thioether (sulfide) groups is 1. The number of amides is 1. The predicted molar refractivity (Wildman–Crippen MR) is 61.3 cm³/mol. The SMILES string of the molecule is NCCNC(=O)OCCSC[C@H](N)C(=O)O. The van der Waals surface area contributed by atoms with Crippen molar-refractivity contribution in [1.82, 2.24) is 5.32 Å². The van der Waals surface area contributed by atoms with Crippen molar-refractivity contribution in [2.75, 3.05) is 31.2 Å². The fourth-order valence-electron chi connectivity index (χ4n) is 0.700. The standard InChI is InChI=1S/C8H17N3O4S/c9-1-2-11-8(14)15-3-4-16-5-6(10)7(12)13/h6H,1-5,9-10H2,(H,11,14)(H,12,13)/t6-/m0/s1. The highest BCUT2D eigenvalue weighted by Crippen LogP contribution is 2.01. The highest BCUT2D eigenvalue weighted by Gasteiger charge is 2.10. The third kappa shape index (κ3) is 8.33. The van der Waals surface area contributed by atoms with Crippen LogP contribution in [0.15, 0.2) is 0 Å². The molecule has 0 aliphatic heterocycles. The third-order valence-electron chi connectivity index (χ3n) is 1.49. The Morgan fingerprint density at radius 2 is 2.19 bits per heavy atom. The molecule has 0 radical (unpaired) electrons. The first-order valence-corrected chi connectivity index (χ1v) is 5.90. The Bertz CT molecular complexity index is 227. The lowest BCUT2D eigenvalue weighted by Gasteiger charge is -2.07. The van der Waals surface area contributed by atoms with E-state index in [0.29, 0.717) is 24.6 Å². The normalized spacial score (nSPS) is 11.9. The van der Waals surface area contributed by atoms with Crippen LogP contribution >= 0.6 is 11.8 Å². The maximum Gasteiger partial charge on any atom is 0.407 e. The van der Waals surface area contributed by atoms with Crippen LogP contribution in [0.3, 0.4) is 0 Å². The summed E-state index contributed by atoms with van der Waals surface area (Å²) in [5.41, 5.74) is 10.4. The molecule has 94 valence electrons. The molecule has 1 atom stereocenters. The Balaban J connectivity index is 3.33. The molecule has 1 amide bonds. The molecule has 0 saturated heterocycles. The lowest BCUT2D eigenvalue weighted by atomic mass is 10.4. The molecule has 6 N–H and O–H groups in total. The van der Waals surface area contributed by atoms with E-state index in [2.05, 4.69) is 5.32 Å². The van der Waals surface area contributed by atoms with Gasteiger partial charge in [-0.3, -0.25) is 4.79 Å². The number of carboxylic acid groups (broad SMARTS) is 1. The predicted octanol–water partition coefficient (Wildman–Crippen LogP) is -1.18. The molecule has 0 spiro atoms. The van der Waals surface area contributed by atoms with Gasteiger partial charge in [-0.05, 0) is 0 Å². The maximum atomic E-state index is 10.9. The second-order valence-electron chi connectivity index (χ2n) is 2.87. The van der Waals surface area contributed by atoms with E-state index in [1.807, 2.05) is 0 Å². The summed E-state index contributed by atoms with van der Waals surface area (Å²) in [5, 5.41) is 10.9. The van der Waals surface area contributed by atoms with Crippen molar-refractivity contribution in [2.24, 2.45) is 11.5 Å². The van der Waals surface area contributed by atoms with E-state index >= 15 is 0 Å². The van der Waals surface area contributed by atoms with E-state index in [0.717, 1.165) is 0 Å². The van der Waals surface area contributed by atoms with Crippen LogP contribution in [0.4, 0.5) is 4.79 Å². The number of rotatable bonds is 8. The first-order chi connectivity index (χ1) is 7.57. The average Bonchev–Trinajstić information content (AvgIpc) is 2.25. The van der Waals surface area contributed by atoms with Crippen LogP contribution < -0.4 is 16.8 Å². The molecule has 0 rings (SSSR count). The van der Waals surface area contributed by atoms with Gasteiger partial charge < -0.3 is 26.6 Å². The summed E-state index contributed by atoms with van der Waals surface area (Å²) in [4.78, 5) is 21.2. The maximum absolute atomic E-state index is 10.9. The van der Waals surface area contributed by atoms with Gasteiger partial charge in [0.1, 0.15) is 12.6 Å². The summed E-state index contributed by atoms with van der Waals surface area (Å²) in [6, 6.07) is -0.879. The summed E-state index contributed by atoms with van der Waals surface area (Å²) < 4.78 is 4.77. The molecule has 0 aliphatic carbocycles. The number of ether oxygens (including phenoxy) is 1. The Hall–Kier alpha value is -0.990. The Kier molecular flexibility index (Phi) is 8.68. The van der Waals surface area contributed by atoms with Crippen LogP contribution in [-0.2, 0) is 9.53 Å². The van der Waals surface area contributed by atoms with Crippen molar-refractivity contribution >= 4 is 23.8 Å². The van der Waals surface area contributed by atoms with E-state index < -0.39 is 18.1 Å². The highest BCUT2D eigenvalue weighted by molar-refractivity contribution is 7.99. The summed E-state index contributed by atoms with van der Waals surface area (Å²) in [5.74, 6) is -0.228. The van der Waals surface area contributed by atoms with E-state index in [-0.39, 0.29) is 6.61 Å². The van der Waals surface area contributed by atoms with Crippen LogP contribution in [0.2, 0.25) is 0 Å². The molecular formula is C8H17N3O4S. The van der Waals surface area contributed by atoms with Crippen molar-refractivity contribution in [3.63, 3.8) is 0 Å². The molecule has 0 aromatic rings. The summed E-state index contributed by atoms with van der Waals surface area (Å²) in [7, 11) is 0. The second-order valence-corrected chi connectivity index (χ2v) is 4.02. The zero-order chi connectivity index (χ0) is 12.4. The quantitative estimate of drug-likeness (QED) is 0.400. The number of aliphatic carboxylic acids is 1. The van der Waals surface area contributed by atoms with Crippen LogP contribution in [0.25, 0.3) is 0 Å². The largest absolute Gasteiger partial charge is 0.480 e. The minimum absolute atomic E-state index is 0.216. The molecule has 0 aromatic carbocycles. The molecule has 16 heavy (non-hydrogen) atoms. The molecular weight excluding hydrogens is 234 g/mol. The van der Waals surface area contributed by atoms with E-state index in [9.17, 15) is 9.59 Å². The smallest absolute Gasteiger partial charge is 0.407 e. The van der Waals surface area contributed by atoms with E-state index in [1.165, 1.54) is 11.8 Å². The topological polar surface area (TPSA) is 128 Å². The van der Waals surface area contributed by atoms with Crippen molar-refractivity contribution in [3.05, 3.63) is 0 Å². The Morgan fingerprint density at radius 1 is 1.50 bits per heavy atom. The van der Waals surface area contributed by atoms with Crippen LogP contribution in [-0.4, -0.2) is 54.4 Å². The van der Waals surface area contributed by atoms with Gasteiger partial charge in [-0.2, -0.15) is 11.8 Å². The number of hydrogen-bond donors (Lipinski definition) is 4. The van der Waals surface area contributed by atoms with E-state index in [4.69, 9.17) is 21.3 Å². The first kappa shape index (κ1) is 15.0. The van der Waals surface area contributed by atoms with E-state index in [1.54, 1.807) is 0 Å². The molecule has 0 unspecified atom stereocenters. The molecule has 0 aromatic heterocycles. The number of carbonyl (C=O) groups is 2. The van der Waals surface area contributed by atoms with Gasteiger partial charge in [-0.1, -0.05) is 0 Å². The van der Waals surface area contributed by atoms with Gasteiger partial charge in [0.15, 0.2) is 0 Å². The van der Waals surface area contributed by atoms with Gasteiger partial charge in [-0.25, -0.2) is 4.79 Å². The van der Waals surface area contributed by atoms with Gasteiger partial charge in [0.2, 0.25) is 0 Å². The number of alkyl carbamates (subject to hydrolysis) is 1. The van der Waals surface area contributed by atoms with Gasteiger partial charge in [0.25, 0.3) is 0 Å². The van der Waals surface area contributed by atoms with Crippen molar-refractivity contribution in [3.8, 4) is 0 Å². The Labute approximate surface area is 97.9 Å². The van der Waals surface area contributed by atoms with Crippen molar-refractivity contribution in [1.29, 1.82) is 0 Å². The fraction of sp³-hybridized carbons (Fsp3) is 0.750. The molecule has 0 bridgehead atoms. The average molecular weight is 251 g/mol. The van der Waals surface area contributed by atoms with Gasteiger partial charge >= 0.3 is 12.1 Å². The van der Waals surface area contributed by atoms with Crippen LogP contribution in [0, 0.1) is 0 Å². The van der Waals surface area contributed by atoms with Gasteiger partial charge in [0.05, 0.1) is 0 Å². The van der Waals surface area contributed by atoms with Gasteiger partial charge in [-0.15, -0.1) is 0 Å². The zero-order valence-electron chi connectivity index (χ0n) is 8.85. The van der Waals surface area contributed by atoms with Gasteiger partial charge in [0, 0.05) is 24.6 Å². The summed E-state index contributed by atoms with van der Waals surface area (Å²) in [6.07, 6.45) is -0.520. The minimum atomic E-state index is -1.03. The van der Waals surface area contributed by atoms with Crippen LogP contribution in [0.5, 0.6) is 0 Å². The highest BCUT2D eigenvalue weighted by atomic mass is 32.2. The molecule has 0 heterocycles. The van der Waals surface area contributed by atoms with Crippen molar-refractivity contribution < 1.29 is 19.4 Å². The molecule has 0 saturated carbocycles. The van der Waals surface area contributed by atoms with Crippen molar-refractivity contribution in [2.45, 2.75) is 6.04 Å². The number of nitrogens with two attached hydrogens (primary N) is 2. The number of carboxylic acids is 1. The second kappa shape index (κ2) is 9.25. The summed E-state index contributed by atoms with van der Waals surface area (Å²) in [6.45, 7) is 0.945. The minimum Gasteiger partial charge on any atom is -0.480 e. The monoisotopic (exact) mass is 251 g/mol. The fourth-order valence-corrected chi connectivity index (χ4v) is 1.46. The molecule has 7 nitrogen and oxygen atoms in total. The zero-order valence-corrected chi connectivity index (χ0v) is 9.66. The third-order valence-corrected chi connectivity index (χ3v) is 2.54. The number of nitrogens with one attached hydrogen (secondary N) is 1. The number of carbonyl (C=O) groups excluding carboxylic acids is 1.